The van der Waals surface area contributed by atoms with Crippen molar-refractivity contribution < 1.29 is 23.9 Å². The standard InChI is InChI=1S/C13H18N2O5/c1-12(2,3)20-11(18)15-7-5-6-8(15)13(6,10(17)19-4)14-9(7)16/h6-8H,5H2,1-4H3,(H,14,16)/t6-,7+,8?,13-/m1/s1. The van der Waals surface area contributed by atoms with Gasteiger partial charge in [0.1, 0.15) is 11.6 Å². The van der Waals surface area contributed by atoms with E-state index < -0.39 is 29.2 Å². The predicted octanol–water partition coefficient (Wildman–Crippen LogP) is 0.0358. The Kier molecular flexibility index (Phi) is 2.41. The first kappa shape index (κ1) is 13.2. The number of rotatable bonds is 1. The zero-order valence-electron chi connectivity index (χ0n) is 11.9. The molecule has 4 fully saturated rings. The Morgan fingerprint density at radius 3 is 2.60 bits per heavy atom. The smallest absolute Gasteiger partial charge is 0.411 e. The molecular weight excluding hydrogens is 264 g/mol. The highest BCUT2D eigenvalue weighted by Crippen LogP contribution is 2.60. The maximum atomic E-state index is 12.3. The normalized spacial score (nSPS) is 37.3. The number of ether oxygens (including phenoxy) is 2. The molecule has 1 saturated carbocycles. The summed E-state index contributed by atoms with van der Waals surface area (Å²) in [6.45, 7) is 5.29. The Labute approximate surface area is 116 Å². The predicted molar refractivity (Wildman–Crippen MR) is 66.6 cm³/mol. The molecule has 1 aliphatic carbocycles. The van der Waals surface area contributed by atoms with Crippen molar-refractivity contribution in [2.75, 3.05) is 7.11 Å². The van der Waals surface area contributed by atoms with E-state index in [0.29, 0.717) is 6.42 Å². The number of piperidine rings is 2. The van der Waals surface area contributed by atoms with Crippen LogP contribution in [0, 0.1) is 5.92 Å². The highest BCUT2D eigenvalue weighted by molar-refractivity contribution is 6.01. The summed E-state index contributed by atoms with van der Waals surface area (Å²) in [4.78, 5) is 37.6. The first-order valence-corrected chi connectivity index (χ1v) is 6.64. The lowest BCUT2D eigenvalue weighted by Crippen LogP contribution is -2.65. The molecule has 0 aromatic carbocycles. The van der Waals surface area contributed by atoms with E-state index in [2.05, 4.69) is 5.32 Å². The Hall–Kier alpha value is -1.79. The lowest BCUT2D eigenvalue weighted by Gasteiger charge is -2.38. The molecule has 0 aromatic rings. The number of methoxy groups -OCH3 is 1. The molecule has 3 aliphatic heterocycles. The number of hydrogen-bond acceptors (Lipinski definition) is 5. The van der Waals surface area contributed by atoms with Crippen molar-refractivity contribution >= 4 is 18.0 Å². The lowest BCUT2D eigenvalue weighted by molar-refractivity contribution is -0.152. The van der Waals surface area contributed by atoms with Crippen LogP contribution in [-0.4, -0.2) is 53.2 Å². The number of amides is 2. The summed E-state index contributed by atoms with van der Waals surface area (Å²) in [6.07, 6.45) is -0.0548. The van der Waals surface area contributed by atoms with E-state index in [9.17, 15) is 14.4 Å². The Morgan fingerprint density at radius 2 is 2.05 bits per heavy atom. The van der Waals surface area contributed by atoms with E-state index in [0.717, 1.165) is 0 Å². The van der Waals surface area contributed by atoms with Crippen molar-refractivity contribution in [3.8, 4) is 0 Å². The first-order chi connectivity index (χ1) is 9.22. The van der Waals surface area contributed by atoms with Crippen LogP contribution in [0.25, 0.3) is 0 Å². The van der Waals surface area contributed by atoms with Crippen molar-refractivity contribution in [1.82, 2.24) is 10.2 Å². The summed E-state index contributed by atoms with van der Waals surface area (Å²) in [5.74, 6) is -0.871. The number of carbonyl (C=O) groups is 3. The third kappa shape index (κ3) is 1.49. The number of piperazine rings is 1. The van der Waals surface area contributed by atoms with E-state index in [4.69, 9.17) is 9.47 Å². The number of nitrogens with zero attached hydrogens (tertiary/aromatic N) is 1. The molecule has 4 bridgehead atoms. The molecule has 4 rings (SSSR count). The minimum absolute atomic E-state index is 0.0647. The largest absolute Gasteiger partial charge is 0.467 e. The monoisotopic (exact) mass is 282 g/mol. The maximum absolute atomic E-state index is 12.3. The van der Waals surface area contributed by atoms with E-state index in [-0.39, 0.29) is 17.9 Å². The van der Waals surface area contributed by atoms with Crippen LogP contribution in [0.3, 0.4) is 0 Å². The summed E-state index contributed by atoms with van der Waals surface area (Å²) < 4.78 is 10.1. The van der Waals surface area contributed by atoms with Gasteiger partial charge >= 0.3 is 12.1 Å². The van der Waals surface area contributed by atoms with Crippen LogP contribution in [0.4, 0.5) is 4.79 Å². The second kappa shape index (κ2) is 3.65. The third-order valence-corrected chi connectivity index (χ3v) is 4.20. The van der Waals surface area contributed by atoms with Gasteiger partial charge in [-0.2, -0.15) is 0 Å². The molecule has 3 heterocycles. The molecule has 110 valence electrons. The fourth-order valence-electron chi connectivity index (χ4n) is 3.45. The first-order valence-electron chi connectivity index (χ1n) is 6.64. The number of esters is 1. The van der Waals surface area contributed by atoms with E-state index >= 15 is 0 Å². The summed E-state index contributed by atoms with van der Waals surface area (Å²) in [7, 11) is 1.28. The van der Waals surface area contributed by atoms with Crippen LogP contribution in [0.1, 0.15) is 27.2 Å². The van der Waals surface area contributed by atoms with Gasteiger partial charge in [-0.25, -0.2) is 9.59 Å². The van der Waals surface area contributed by atoms with Crippen molar-refractivity contribution in [2.45, 2.75) is 50.4 Å². The van der Waals surface area contributed by atoms with E-state index in [1.54, 1.807) is 20.8 Å². The molecule has 1 N–H and O–H groups in total. The van der Waals surface area contributed by atoms with Gasteiger partial charge in [-0.15, -0.1) is 0 Å². The van der Waals surface area contributed by atoms with Crippen molar-refractivity contribution in [2.24, 2.45) is 5.92 Å². The number of hydrogen-bond donors (Lipinski definition) is 1. The minimum atomic E-state index is -1.06. The summed E-state index contributed by atoms with van der Waals surface area (Å²) >= 11 is 0. The molecule has 7 heteroatoms. The average Bonchev–Trinajstić information content (AvgIpc) is 2.81. The summed E-state index contributed by atoms with van der Waals surface area (Å²) in [5.41, 5.74) is -1.70. The summed E-state index contributed by atoms with van der Waals surface area (Å²) in [6, 6.07) is -0.876. The molecule has 0 radical (unpaired) electrons. The molecule has 0 spiro atoms. The molecule has 2 amide bonds. The molecule has 4 atom stereocenters. The number of nitrogens with one attached hydrogen (secondary N) is 1. The lowest BCUT2D eigenvalue weighted by atomic mass is 9.98. The van der Waals surface area contributed by atoms with Crippen LogP contribution >= 0.6 is 0 Å². The number of carbonyl (C=O) groups excluding carboxylic acids is 3. The van der Waals surface area contributed by atoms with Crippen molar-refractivity contribution in [3.05, 3.63) is 0 Å². The van der Waals surface area contributed by atoms with Gasteiger partial charge < -0.3 is 14.8 Å². The highest BCUT2D eigenvalue weighted by atomic mass is 16.6. The molecular formula is C13H18N2O5. The minimum Gasteiger partial charge on any atom is -0.467 e. The van der Waals surface area contributed by atoms with E-state index in [1.807, 2.05) is 0 Å². The average molecular weight is 282 g/mol. The van der Waals surface area contributed by atoms with Gasteiger partial charge in [0, 0.05) is 5.92 Å². The molecule has 1 unspecified atom stereocenters. The fourth-order valence-corrected chi connectivity index (χ4v) is 3.45. The van der Waals surface area contributed by atoms with Crippen LogP contribution in [0.5, 0.6) is 0 Å². The number of fused-ring (bicyclic) bond motifs is 1. The fraction of sp³-hybridized carbons (Fsp3) is 0.769. The van der Waals surface area contributed by atoms with E-state index in [1.165, 1.54) is 12.0 Å². The topological polar surface area (TPSA) is 84.9 Å². The van der Waals surface area contributed by atoms with Gasteiger partial charge in [-0.05, 0) is 27.2 Å². The Balaban J connectivity index is 1.87. The van der Waals surface area contributed by atoms with Crippen LogP contribution < -0.4 is 5.32 Å². The van der Waals surface area contributed by atoms with Gasteiger partial charge in [-0.3, -0.25) is 9.69 Å². The SMILES string of the molecule is COC(=O)[C@@]12NC(=O)[C@@H]3C[C@@H]1C2N3C(=O)OC(C)(C)C. The van der Waals surface area contributed by atoms with Gasteiger partial charge in [0.15, 0.2) is 5.54 Å². The van der Waals surface area contributed by atoms with Crippen LogP contribution in [-0.2, 0) is 19.1 Å². The highest BCUT2D eigenvalue weighted by Gasteiger charge is 2.83. The zero-order valence-corrected chi connectivity index (χ0v) is 11.9. The zero-order chi connectivity index (χ0) is 14.9. The van der Waals surface area contributed by atoms with Crippen LogP contribution in [0.2, 0.25) is 0 Å². The van der Waals surface area contributed by atoms with Crippen molar-refractivity contribution in [3.63, 3.8) is 0 Å². The van der Waals surface area contributed by atoms with Crippen molar-refractivity contribution in [1.29, 1.82) is 0 Å². The van der Waals surface area contributed by atoms with Gasteiger partial charge in [0.05, 0.1) is 13.2 Å². The Bertz CT molecular complexity index is 511. The maximum Gasteiger partial charge on any atom is 0.411 e. The third-order valence-electron chi connectivity index (χ3n) is 4.20. The molecule has 4 aliphatic rings. The van der Waals surface area contributed by atoms with Gasteiger partial charge in [0.25, 0.3) is 0 Å². The van der Waals surface area contributed by atoms with Crippen LogP contribution in [0.15, 0.2) is 0 Å². The molecule has 7 nitrogen and oxygen atoms in total. The van der Waals surface area contributed by atoms with Gasteiger partial charge in [0.2, 0.25) is 5.91 Å². The second-order valence-electron chi connectivity index (χ2n) is 6.54. The molecule has 0 aromatic heterocycles. The quantitative estimate of drug-likeness (QED) is 0.686. The molecule has 20 heavy (non-hydrogen) atoms. The molecule has 3 saturated heterocycles. The van der Waals surface area contributed by atoms with Gasteiger partial charge in [-0.1, -0.05) is 0 Å². The summed E-state index contributed by atoms with van der Waals surface area (Å²) in [5, 5.41) is 2.70. The Morgan fingerprint density at radius 1 is 1.40 bits per heavy atom. The second-order valence-corrected chi connectivity index (χ2v) is 6.54.